The molecular formula is C15H23FN2O2. The third kappa shape index (κ3) is 5.47. The minimum Gasteiger partial charge on any atom is -0.493 e. The quantitative estimate of drug-likeness (QED) is 0.239. The molecule has 0 aromatic heterocycles. The van der Waals surface area contributed by atoms with Gasteiger partial charge in [-0.3, -0.25) is 0 Å². The van der Waals surface area contributed by atoms with Gasteiger partial charge in [-0.1, -0.05) is 44.2 Å². The summed E-state index contributed by atoms with van der Waals surface area (Å²) in [5, 5.41) is 11.6. The predicted octanol–water partition coefficient (Wildman–Crippen LogP) is 3.66. The van der Waals surface area contributed by atoms with Gasteiger partial charge < -0.3 is 15.7 Å². The van der Waals surface area contributed by atoms with Crippen molar-refractivity contribution in [2.75, 3.05) is 6.61 Å². The third-order valence-corrected chi connectivity index (χ3v) is 3.08. The molecule has 0 saturated carbocycles. The molecule has 0 radical (unpaired) electrons. The molecule has 112 valence electrons. The molecule has 1 aromatic rings. The highest BCUT2D eigenvalue weighted by atomic mass is 19.1. The Morgan fingerprint density at radius 1 is 1.25 bits per heavy atom. The molecule has 0 fully saturated rings. The van der Waals surface area contributed by atoms with E-state index in [0.29, 0.717) is 12.4 Å². The molecule has 0 unspecified atom stereocenters. The summed E-state index contributed by atoms with van der Waals surface area (Å²) >= 11 is 0. The number of benzene rings is 1. The lowest BCUT2D eigenvalue weighted by Crippen LogP contribution is -2.15. The maximum atomic E-state index is 13.2. The highest BCUT2D eigenvalue weighted by molar-refractivity contribution is 5.99. The molecule has 0 heterocycles. The second-order valence-electron chi connectivity index (χ2n) is 4.74. The van der Waals surface area contributed by atoms with Crippen molar-refractivity contribution < 1.29 is 14.3 Å². The molecule has 3 N–H and O–H groups in total. The van der Waals surface area contributed by atoms with Gasteiger partial charge in [0.15, 0.2) is 5.84 Å². The van der Waals surface area contributed by atoms with Crippen LogP contribution in [0.1, 0.15) is 51.0 Å². The summed E-state index contributed by atoms with van der Waals surface area (Å²) in [5.74, 6) is -0.156. The lowest BCUT2D eigenvalue weighted by Gasteiger charge is -2.10. The second kappa shape index (κ2) is 9.18. The summed E-state index contributed by atoms with van der Waals surface area (Å²) in [5.41, 5.74) is 5.78. The van der Waals surface area contributed by atoms with Crippen LogP contribution in [0.3, 0.4) is 0 Å². The SMILES string of the molecule is CCCCCCCCOc1ccc(F)cc1C(N)=NO. The molecule has 1 aromatic carbocycles. The Kier molecular flexibility index (Phi) is 7.47. The second-order valence-corrected chi connectivity index (χ2v) is 4.74. The summed E-state index contributed by atoms with van der Waals surface area (Å²) in [6, 6.07) is 4.00. The van der Waals surface area contributed by atoms with E-state index in [2.05, 4.69) is 12.1 Å². The largest absolute Gasteiger partial charge is 0.493 e. The van der Waals surface area contributed by atoms with E-state index < -0.39 is 5.82 Å². The highest BCUT2D eigenvalue weighted by Crippen LogP contribution is 2.20. The van der Waals surface area contributed by atoms with Crippen LogP contribution in [0.5, 0.6) is 5.75 Å². The first-order valence-electron chi connectivity index (χ1n) is 7.09. The standard InChI is InChI=1S/C15H23FN2O2/c1-2-3-4-5-6-7-10-20-14-9-8-12(16)11-13(14)15(17)18-19/h8-9,11,19H,2-7,10H2,1H3,(H2,17,18). The minimum atomic E-state index is -0.446. The minimum absolute atomic E-state index is 0.151. The number of rotatable bonds is 9. The zero-order valence-electron chi connectivity index (χ0n) is 11.9. The molecule has 0 atom stereocenters. The molecule has 0 bridgehead atoms. The first-order chi connectivity index (χ1) is 9.69. The Morgan fingerprint density at radius 2 is 1.95 bits per heavy atom. The summed E-state index contributed by atoms with van der Waals surface area (Å²) in [4.78, 5) is 0. The fraction of sp³-hybridized carbons (Fsp3) is 0.533. The van der Waals surface area contributed by atoms with E-state index >= 15 is 0 Å². The third-order valence-electron chi connectivity index (χ3n) is 3.08. The van der Waals surface area contributed by atoms with Gasteiger partial charge in [-0.2, -0.15) is 0 Å². The van der Waals surface area contributed by atoms with Gasteiger partial charge in [0.2, 0.25) is 0 Å². The number of hydrogen-bond acceptors (Lipinski definition) is 3. The summed E-state index contributed by atoms with van der Waals surface area (Å²) in [7, 11) is 0. The number of oxime groups is 1. The Morgan fingerprint density at radius 3 is 2.65 bits per heavy atom. The molecule has 1 rings (SSSR count). The number of amidine groups is 1. The van der Waals surface area contributed by atoms with Crippen molar-refractivity contribution in [3.05, 3.63) is 29.6 Å². The van der Waals surface area contributed by atoms with Gasteiger partial charge in [0.25, 0.3) is 0 Å². The van der Waals surface area contributed by atoms with E-state index in [1.165, 1.54) is 43.9 Å². The number of nitrogens with two attached hydrogens (primary N) is 1. The smallest absolute Gasteiger partial charge is 0.173 e. The highest BCUT2D eigenvalue weighted by Gasteiger charge is 2.09. The molecule has 0 aliphatic rings. The van der Waals surface area contributed by atoms with Crippen LogP contribution in [0.25, 0.3) is 0 Å². The Hall–Kier alpha value is -1.78. The number of halogens is 1. The zero-order chi connectivity index (χ0) is 14.8. The van der Waals surface area contributed by atoms with Crippen molar-refractivity contribution >= 4 is 5.84 Å². The van der Waals surface area contributed by atoms with E-state index in [0.717, 1.165) is 12.8 Å². The van der Waals surface area contributed by atoms with Gasteiger partial charge in [0.1, 0.15) is 11.6 Å². The van der Waals surface area contributed by atoms with Crippen LogP contribution in [0.2, 0.25) is 0 Å². The van der Waals surface area contributed by atoms with Crippen LogP contribution in [-0.4, -0.2) is 17.6 Å². The lowest BCUT2D eigenvalue weighted by molar-refractivity contribution is 0.301. The Balaban J connectivity index is 2.43. The average Bonchev–Trinajstić information content (AvgIpc) is 2.46. The molecule has 0 aliphatic carbocycles. The van der Waals surface area contributed by atoms with E-state index in [9.17, 15) is 4.39 Å². The maximum absolute atomic E-state index is 13.2. The topological polar surface area (TPSA) is 67.8 Å². The summed E-state index contributed by atoms with van der Waals surface area (Å²) < 4.78 is 18.7. The van der Waals surface area contributed by atoms with E-state index in [4.69, 9.17) is 15.7 Å². The van der Waals surface area contributed by atoms with Crippen LogP contribution in [0.15, 0.2) is 23.4 Å². The van der Waals surface area contributed by atoms with Gasteiger partial charge in [0.05, 0.1) is 12.2 Å². The van der Waals surface area contributed by atoms with Crippen molar-refractivity contribution in [3.63, 3.8) is 0 Å². The van der Waals surface area contributed by atoms with E-state index in [1.807, 2.05) is 0 Å². The fourth-order valence-corrected chi connectivity index (χ4v) is 1.95. The monoisotopic (exact) mass is 282 g/mol. The molecule has 4 nitrogen and oxygen atoms in total. The normalized spacial score (nSPS) is 11.6. The van der Waals surface area contributed by atoms with Gasteiger partial charge in [0, 0.05) is 0 Å². The Labute approximate surface area is 119 Å². The van der Waals surface area contributed by atoms with Crippen LogP contribution in [0, 0.1) is 5.82 Å². The first kappa shape index (κ1) is 16.3. The molecule has 0 spiro atoms. The molecule has 0 saturated heterocycles. The summed E-state index contributed by atoms with van der Waals surface area (Å²) in [6.07, 6.45) is 7.01. The number of ether oxygens (including phenoxy) is 1. The van der Waals surface area contributed by atoms with Crippen LogP contribution in [-0.2, 0) is 0 Å². The van der Waals surface area contributed by atoms with Crippen molar-refractivity contribution in [1.29, 1.82) is 0 Å². The van der Waals surface area contributed by atoms with Crippen LogP contribution >= 0.6 is 0 Å². The van der Waals surface area contributed by atoms with Gasteiger partial charge >= 0.3 is 0 Å². The van der Waals surface area contributed by atoms with Crippen molar-refractivity contribution in [1.82, 2.24) is 0 Å². The van der Waals surface area contributed by atoms with Gasteiger partial charge in [-0.25, -0.2) is 4.39 Å². The number of hydrogen-bond donors (Lipinski definition) is 2. The first-order valence-corrected chi connectivity index (χ1v) is 7.09. The number of unbranched alkanes of at least 4 members (excludes halogenated alkanes) is 5. The molecule has 0 amide bonds. The van der Waals surface area contributed by atoms with Crippen LogP contribution < -0.4 is 10.5 Å². The Bertz CT molecular complexity index is 436. The molecule has 5 heteroatoms. The van der Waals surface area contributed by atoms with Crippen LogP contribution in [0.4, 0.5) is 4.39 Å². The van der Waals surface area contributed by atoms with E-state index in [1.54, 1.807) is 0 Å². The van der Waals surface area contributed by atoms with Crippen molar-refractivity contribution in [2.24, 2.45) is 10.9 Å². The fourth-order valence-electron chi connectivity index (χ4n) is 1.95. The van der Waals surface area contributed by atoms with Gasteiger partial charge in [-0.05, 0) is 24.6 Å². The maximum Gasteiger partial charge on any atom is 0.173 e. The predicted molar refractivity (Wildman–Crippen MR) is 77.8 cm³/mol. The zero-order valence-corrected chi connectivity index (χ0v) is 11.9. The van der Waals surface area contributed by atoms with Gasteiger partial charge in [-0.15, -0.1) is 0 Å². The number of nitrogens with zero attached hydrogens (tertiary/aromatic N) is 1. The van der Waals surface area contributed by atoms with E-state index in [-0.39, 0.29) is 11.4 Å². The van der Waals surface area contributed by atoms with Crippen molar-refractivity contribution in [3.8, 4) is 5.75 Å². The average molecular weight is 282 g/mol. The lowest BCUT2D eigenvalue weighted by atomic mass is 10.1. The molecule has 20 heavy (non-hydrogen) atoms. The summed E-state index contributed by atoms with van der Waals surface area (Å²) in [6.45, 7) is 2.73. The molecule has 0 aliphatic heterocycles. The van der Waals surface area contributed by atoms with Crippen molar-refractivity contribution in [2.45, 2.75) is 45.4 Å². The molecular weight excluding hydrogens is 259 g/mol.